The summed E-state index contributed by atoms with van der Waals surface area (Å²) in [6, 6.07) is 20.2. The number of piperidine rings is 1. The Morgan fingerprint density at radius 1 is 1.07 bits per heavy atom. The Bertz CT molecular complexity index is 911. The zero-order valence-electron chi connectivity index (χ0n) is 15.5. The molecule has 1 aliphatic heterocycles. The maximum atomic E-state index is 12.4. The minimum absolute atomic E-state index is 0.0169. The monoisotopic (exact) mass is 360 g/mol. The Hall–Kier alpha value is -3.08. The molecule has 5 heteroatoms. The summed E-state index contributed by atoms with van der Waals surface area (Å²) in [6.07, 6.45) is 1.84. The van der Waals surface area contributed by atoms with Crippen LogP contribution in [0.3, 0.4) is 0 Å². The van der Waals surface area contributed by atoms with Crippen molar-refractivity contribution < 1.29 is 4.79 Å². The molecule has 1 amide bonds. The van der Waals surface area contributed by atoms with Crippen LogP contribution in [-0.4, -0.2) is 35.2 Å². The second-order valence-electron chi connectivity index (χ2n) is 7.11. The molecular weight excluding hydrogens is 336 g/mol. The molecule has 1 aliphatic rings. The first-order valence-electron chi connectivity index (χ1n) is 9.42. The van der Waals surface area contributed by atoms with Gasteiger partial charge in [0.15, 0.2) is 5.82 Å². The molecule has 2 aromatic carbocycles. The van der Waals surface area contributed by atoms with Crippen molar-refractivity contribution in [2.45, 2.75) is 25.8 Å². The van der Waals surface area contributed by atoms with Gasteiger partial charge in [-0.15, -0.1) is 0 Å². The number of carbonyl (C=O) groups excluding carboxylic acids is 1. The van der Waals surface area contributed by atoms with Crippen LogP contribution in [0.5, 0.6) is 0 Å². The minimum atomic E-state index is 0.0169. The summed E-state index contributed by atoms with van der Waals surface area (Å²) in [5.41, 5.74) is 4.00. The van der Waals surface area contributed by atoms with E-state index in [2.05, 4.69) is 38.6 Å². The van der Waals surface area contributed by atoms with Gasteiger partial charge in [0.2, 0.25) is 0 Å². The Morgan fingerprint density at radius 3 is 2.59 bits per heavy atom. The van der Waals surface area contributed by atoms with Crippen molar-refractivity contribution in [3.63, 3.8) is 0 Å². The predicted octanol–water partition coefficient (Wildman–Crippen LogP) is 3.78. The highest BCUT2D eigenvalue weighted by molar-refractivity contribution is 5.94. The summed E-state index contributed by atoms with van der Waals surface area (Å²) in [5, 5.41) is 10.8. The van der Waals surface area contributed by atoms with Gasteiger partial charge < -0.3 is 10.2 Å². The van der Waals surface area contributed by atoms with E-state index in [0.29, 0.717) is 0 Å². The van der Waals surface area contributed by atoms with E-state index in [4.69, 9.17) is 0 Å². The number of aromatic nitrogens is 2. The molecule has 4 rings (SSSR count). The van der Waals surface area contributed by atoms with E-state index in [0.717, 1.165) is 54.1 Å². The van der Waals surface area contributed by atoms with Crippen LogP contribution in [0.4, 0.5) is 5.82 Å². The maximum absolute atomic E-state index is 12.4. The van der Waals surface area contributed by atoms with E-state index in [9.17, 15) is 4.79 Å². The van der Waals surface area contributed by atoms with Gasteiger partial charge in [0.25, 0.3) is 5.91 Å². The zero-order chi connectivity index (χ0) is 18.6. The smallest absolute Gasteiger partial charge is 0.251 e. The highest BCUT2D eigenvalue weighted by Crippen LogP contribution is 2.24. The highest BCUT2D eigenvalue weighted by Gasteiger charge is 2.22. The first-order valence-corrected chi connectivity index (χ1v) is 9.42. The molecule has 2 heterocycles. The fraction of sp³-hybridized carbons (Fsp3) is 0.273. The van der Waals surface area contributed by atoms with Crippen LogP contribution in [0.1, 0.15) is 28.8 Å². The molecule has 138 valence electrons. The summed E-state index contributed by atoms with van der Waals surface area (Å²) >= 11 is 0. The van der Waals surface area contributed by atoms with Crippen LogP contribution in [-0.2, 0) is 0 Å². The van der Waals surface area contributed by atoms with Gasteiger partial charge in [0.05, 0.1) is 5.69 Å². The van der Waals surface area contributed by atoms with Gasteiger partial charge in [0.1, 0.15) is 0 Å². The number of hydrogen-bond donors (Lipinski definition) is 2. The largest absolute Gasteiger partial charge is 0.355 e. The van der Waals surface area contributed by atoms with Crippen LogP contribution in [0.25, 0.3) is 11.3 Å². The third-order valence-electron chi connectivity index (χ3n) is 5.08. The van der Waals surface area contributed by atoms with E-state index in [1.165, 1.54) is 0 Å². The molecule has 1 saturated heterocycles. The Kier molecular flexibility index (Phi) is 4.92. The van der Waals surface area contributed by atoms with E-state index in [1.807, 2.05) is 49.4 Å². The molecule has 3 aromatic rings. The third-order valence-corrected chi connectivity index (χ3v) is 5.08. The molecule has 1 fully saturated rings. The molecule has 0 saturated carbocycles. The van der Waals surface area contributed by atoms with E-state index >= 15 is 0 Å². The van der Waals surface area contributed by atoms with Gasteiger partial charge >= 0.3 is 0 Å². The van der Waals surface area contributed by atoms with Gasteiger partial charge in [-0.3, -0.25) is 9.89 Å². The van der Waals surface area contributed by atoms with Crippen molar-refractivity contribution in [2.24, 2.45) is 0 Å². The summed E-state index contributed by atoms with van der Waals surface area (Å²) in [5.74, 6) is 0.987. The fourth-order valence-electron chi connectivity index (χ4n) is 3.55. The van der Waals surface area contributed by atoms with Crippen molar-refractivity contribution in [3.05, 3.63) is 71.8 Å². The highest BCUT2D eigenvalue weighted by atomic mass is 16.1. The Labute approximate surface area is 159 Å². The molecule has 0 spiro atoms. The van der Waals surface area contributed by atoms with Crippen molar-refractivity contribution in [2.75, 3.05) is 18.0 Å². The van der Waals surface area contributed by atoms with Crippen LogP contribution >= 0.6 is 0 Å². The topological polar surface area (TPSA) is 61.0 Å². The number of rotatable bonds is 4. The van der Waals surface area contributed by atoms with Gasteiger partial charge in [0, 0.05) is 30.8 Å². The molecule has 0 radical (unpaired) electrons. The van der Waals surface area contributed by atoms with Gasteiger partial charge in [-0.25, -0.2) is 0 Å². The van der Waals surface area contributed by atoms with Crippen LogP contribution < -0.4 is 10.2 Å². The average Bonchev–Trinajstić information content (AvgIpc) is 3.19. The summed E-state index contributed by atoms with van der Waals surface area (Å²) < 4.78 is 0. The number of anilines is 1. The quantitative estimate of drug-likeness (QED) is 0.744. The normalized spacial score (nSPS) is 14.9. The van der Waals surface area contributed by atoms with Gasteiger partial charge in [-0.05, 0) is 37.5 Å². The number of aromatic amines is 1. The molecule has 0 bridgehead atoms. The summed E-state index contributed by atoms with van der Waals surface area (Å²) in [4.78, 5) is 14.7. The van der Waals surface area contributed by atoms with E-state index in [1.54, 1.807) is 0 Å². The second-order valence-corrected chi connectivity index (χ2v) is 7.11. The first-order chi connectivity index (χ1) is 13.2. The van der Waals surface area contributed by atoms with Crippen molar-refractivity contribution >= 4 is 11.7 Å². The Morgan fingerprint density at radius 2 is 1.85 bits per heavy atom. The Balaban J connectivity index is 1.34. The molecule has 0 unspecified atom stereocenters. The number of nitrogens with zero attached hydrogens (tertiary/aromatic N) is 2. The lowest BCUT2D eigenvalue weighted by atomic mass is 10.0. The molecule has 0 atom stereocenters. The van der Waals surface area contributed by atoms with Crippen molar-refractivity contribution in [1.29, 1.82) is 0 Å². The number of amides is 1. The molecule has 27 heavy (non-hydrogen) atoms. The number of nitrogens with one attached hydrogen (secondary N) is 2. The number of hydrogen-bond acceptors (Lipinski definition) is 3. The zero-order valence-corrected chi connectivity index (χ0v) is 15.5. The number of benzene rings is 2. The molecule has 5 nitrogen and oxygen atoms in total. The van der Waals surface area contributed by atoms with Crippen LogP contribution in [0.2, 0.25) is 0 Å². The van der Waals surface area contributed by atoms with Gasteiger partial charge in [-0.1, -0.05) is 48.0 Å². The fourth-order valence-corrected chi connectivity index (χ4v) is 3.55. The van der Waals surface area contributed by atoms with Crippen molar-refractivity contribution in [1.82, 2.24) is 15.5 Å². The predicted molar refractivity (Wildman–Crippen MR) is 108 cm³/mol. The number of H-pyrrole nitrogens is 1. The maximum Gasteiger partial charge on any atom is 0.251 e. The molecule has 1 aromatic heterocycles. The number of carbonyl (C=O) groups is 1. The van der Waals surface area contributed by atoms with Crippen LogP contribution in [0.15, 0.2) is 60.7 Å². The average molecular weight is 360 g/mol. The first kappa shape index (κ1) is 17.3. The third kappa shape index (κ3) is 4.03. The van der Waals surface area contributed by atoms with E-state index in [-0.39, 0.29) is 11.9 Å². The summed E-state index contributed by atoms with van der Waals surface area (Å²) in [7, 11) is 0. The second kappa shape index (κ2) is 7.66. The molecule has 2 N–H and O–H groups in total. The van der Waals surface area contributed by atoms with Gasteiger partial charge in [-0.2, -0.15) is 5.10 Å². The number of aryl methyl sites for hydroxylation is 1. The van der Waals surface area contributed by atoms with E-state index < -0.39 is 0 Å². The standard InChI is InChI=1S/C22H24N4O/c1-16-6-5-9-18(14-16)22(27)23-19-10-12-26(13-11-19)21-15-20(24-25-21)17-7-3-2-4-8-17/h2-9,14-15,19H,10-13H2,1H3,(H,23,27)(H,24,25). The lowest BCUT2D eigenvalue weighted by Gasteiger charge is -2.32. The van der Waals surface area contributed by atoms with Crippen molar-refractivity contribution in [3.8, 4) is 11.3 Å². The molecular formula is C22H24N4O. The lowest BCUT2D eigenvalue weighted by molar-refractivity contribution is 0.0931. The summed E-state index contributed by atoms with van der Waals surface area (Å²) in [6.45, 7) is 3.78. The van der Waals surface area contributed by atoms with Crippen LogP contribution in [0, 0.1) is 6.92 Å². The SMILES string of the molecule is Cc1cccc(C(=O)NC2CCN(c3cc(-c4ccccc4)[nH]n3)CC2)c1. The molecule has 0 aliphatic carbocycles. The lowest BCUT2D eigenvalue weighted by Crippen LogP contribution is -2.44. The minimum Gasteiger partial charge on any atom is -0.355 e.